The highest BCUT2D eigenvalue weighted by atomic mass is 32.1. The van der Waals surface area contributed by atoms with Crippen molar-refractivity contribution < 1.29 is 9.53 Å². The van der Waals surface area contributed by atoms with Crippen LogP contribution in [0.2, 0.25) is 0 Å². The van der Waals surface area contributed by atoms with Crippen molar-refractivity contribution in [3.8, 4) is 0 Å². The van der Waals surface area contributed by atoms with Gasteiger partial charge in [-0.1, -0.05) is 6.92 Å². The van der Waals surface area contributed by atoms with Gasteiger partial charge in [-0.05, 0) is 32.7 Å². The van der Waals surface area contributed by atoms with Crippen molar-refractivity contribution in [3.05, 3.63) is 15.6 Å². The third-order valence-electron chi connectivity index (χ3n) is 2.83. The second-order valence-electron chi connectivity index (χ2n) is 4.49. The molecule has 1 saturated carbocycles. The molecule has 100 valence electrons. The molecule has 1 fully saturated rings. The number of rotatable bonds is 7. The van der Waals surface area contributed by atoms with E-state index in [1.165, 1.54) is 11.3 Å². The average molecular weight is 268 g/mol. The molecule has 1 aromatic heterocycles. The van der Waals surface area contributed by atoms with Crippen LogP contribution in [0.4, 0.5) is 0 Å². The number of thiazole rings is 1. The number of carbonyl (C=O) groups excluding carboxylic acids is 1. The van der Waals surface area contributed by atoms with E-state index in [0.29, 0.717) is 17.4 Å². The first-order chi connectivity index (χ1) is 8.76. The Balaban J connectivity index is 2.08. The summed E-state index contributed by atoms with van der Waals surface area (Å²) in [6, 6.07) is 0. The maximum absolute atomic E-state index is 11.9. The quantitative estimate of drug-likeness (QED) is 0.610. The van der Waals surface area contributed by atoms with Crippen LogP contribution in [0.1, 0.15) is 59.4 Å². The van der Waals surface area contributed by atoms with Crippen molar-refractivity contribution >= 4 is 17.3 Å². The van der Waals surface area contributed by atoms with E-state index >= 15 is 0 Å². The van der Waals surface area contributed by atoms with Crippen LogP contribution in [0, 0.1) is 0 Å². The number of nitrogens with one attached hydrogen (secondary N) is 1. The van der Waals surface area contributed by atoms with E-state index in [0.717, 1.165) is 43.1 Å². The zero-order valence-electron chi connectivity index (χ0n) is 11.0. The fourth-order valence-electron chi connectivity index (χ4n) is 1.80. The Labute approximate surface area is 112 Å². The molecule has 2 rings (SSSR count). The molecule has 0 saturated heterocycles. The summed E-state index contributed by atoms with van der Waals surface area (Å²) < 4.78 is 5.10. The van der Waals surface area contributed by atoms with Gasteiger partial charge >= 0.3 is 5.97 Å². The summed E-state index contributed by atoms with van der Waals surface area (Å²) in [4.78, 5) is 17.2. The van der Waals surface area contributed by atoms with Gasteiger partial charge in [0.1, 0.15) is 9.88 Å². The van der Waals surface area contributed by atoms with Crippen molar-refractivity contribution in [2.45, 2.75) is 45.6 Å². The van der Waals surface area contributed by atoms with Gasteiger partial charge in [0.05, 0.1) is 12.3 Å². The number of hydrogen-bond acceptors (Lipinski definition) is 5. The highest BCUT2D eigenvalue weighted by Gasteiger charge is 2.32. The van der Waals surface area contributed by atoms with Crippen LogP contribution in [0.25, 0.3) is 0 Å². The third kappa shape index (κ3) is 3.29. The van der Waals surface area contributed by atoms with Gasteiger partial charge in [0.25, 0.3) is 0 Å². The average Bonchev–Trinajstić information content (AvgIpc) is 3.11. The molecule has 18 heavy (non-hydrogen) atoms. The van der Waals surface area contributed by atoms with E-state index in [9.17, 15) is 4.79 Å². The van der Waals surface area contributed by atoms with Gasteiger partial charge in [0.15, 0.2) is 0 Å². The van der Waals surface area contributed by atoms with E-state index in [1.807, 2.05) is 6.92 Å². The molecule has 1 aliphatic rings. The molecular weight excluding hydrogens is 248 g/mol. The fraction of sp³-hybridized carbons (Fsp3) is 0.692. The van der Waals surface area contributed by atoms with Gasteiger partial charge in [-0.15, -0.1) is 11.3 Å². The summed E-state index contributed by atoms with van der Waals surface area (Å²) in [5.74, 6) is 0.277. The van der Waals surface area contributed by atoms with Crippen LogP contribution in [0.15, 0.2) is 0 Å². The lowest BCUT2D eigenvalue weighted by atomic mass is 10.2. The summed E-state index contributed by atoms with van der Waals surface area (Å²) in [7, 11) is 0. The SMILES string of the molecule is CCCNCc1nc(C2CC2)c(C(=O)OCC)s1. The second-order valence-corrected chi connectivity index (χ2v) is 5.58. The molecular formula is C13H20N2O2S. The van der Waals surface area contributed by atoms with E-state index in [1.54, 1.807) is 0 Å². The molecule has 0 aromatic carbocycles. The van der Waals surface area contributed by atoms with Crippen molar-refractivity contribution in [1.29, 1.82) is 0 Å². The molecule has 0 bridgehead atoms. The standard InChI is InChI=1S/C13H20N2O2S/c1-3-7-14-8-10-15-11(9-5-6-9)12(18-10)13(16)17-4-2/h9,14H,3-8H2,1-2H3. The lowest BCUT2D eigenvalue weighted by Crippen LogP contribution is -2.13. The van der Waals surface area contributed by atoms with Gasteiger partial charge < -0.3 is 10.1 Å². The van der Waals surface area contributed by atoms with Crippen LogP contribution in [0.5, 0.6) is 0 Å². The molecule has 1 N–H and O–H groups in total. The minimum atomic E-state index is -0.210. The van der Waals surface area contributed by atoms with Crippen LogP contribution in [-0.2, 0) is 11.3 Å². The van der Waals surface area contributed by atoms with E-state index in [-0.39, 0.29) is 5.97 Å². The fourth-order valence-corrected chi connectivity index (χ4v) is 2.82. The van der Waals surface area contributed by atoms with Gasteiger partial charge in [-0.2, -0.15) is 0 Å². The first-order valence-corrected chi connectivity index (χ1v) is 7.45. The molecule has 0 unspecified atom stereocenters. The Bertz CT molecular complexity index is 413. The summed E-state index contributed by atoms with van der Waals surface area (Å²) in [5.41, 5.74) is 0.965. The number of hydrogen-bond donors (Lipinski definition) is 1. The Morgan fingerprint density at radius 1 is 1.50 bits per heavy atom. The first kappa shape index (κ1) is 13.5. The van der Waals surface area contributed by atoms with Crippen LogP contribution >= 0.6 is 11.3 Å². The van der Waals surface area contributed by atoms with E-state index in [4.69, 9.17) is 4.74 Å². The Kier molecular flexibility index (Phi) is 4.72. The monoisotopic (exact) mass is 268 g/mol. The van der Waals surface area contributed by atoms with Crippen LogP contribution in [0.3, 0.4) is 0 Å². The molecule has 1 aliphatic carbocycles. The van der Waals surface area contributed by atoms with Gasteiger partial charge in [0, 0.05) is 12.5 Å². The molecule has 0 amide bonds. The van der Waals surface area contributed by atoms with Crippen molar-refractivity contribution in [1.82, 2.24) is 10.3 Å². The lowest BCUT2D eigenvalue weighted by molar-refractivity contribution is 0.0530. The highest BCUT2D eigenvalue weighted by molar-refractivity contribution is 7.13. The van der Waals surface area contributed by atoms with Crippen molar-refractivity contribution in [2.24, 2.45) is 0 Å². The second kappa shape index (κ2) is 6.29. The van der Waals surface area contributed by atoms with Crippen LogP contribution in [-0.4, -0.2) is 24.1 Å². The number of carbonyl (C=O) groups is 1. The third-order valence-corrected chi connectivity index (χ3v) is 3.88. The largest absolute Gasteiger partial charge is 0.462 e. The van der Waals surface area contributed by atoms with Gasteiger partial charge in [0.2, 0.25) is 0 Å². The molecule has 0 aliphatic heterocycles. The van der Waals surface area contributed by atoms with Crippen molar-refractivity contribution in [3.63, 3.8) is 0 Å². The predicted octanol–water partition coefficient (Wildman–Crippen LogP) is 2.70. The lowest BCUT2D eigenvalue weighted by Gasteiger charge is -1.99. The number of aromatic nitrogens is 1. The summed E-state index contributed by atoms with van der Waals surface area (Å²) in [5, 5.41) is 4.31. The molecule has 1 aromatic rings. The normalized spacial score (nSPS) is 14.8. The van der Waals surface area contributed by atoms with Crippen LogP contribution < -0.4 is 5.32 Å². The maximum atomic E-state index is 11.9. The Morgan fingerprint density at radius 3 is 2.89 bits per heavy atom. The molecule has 0 radical (unpaired) electrons. The number of nitrogens with zero attached hydrogens (tertiary/aromatic N) is 1. The molecule has 0 spiro atoms. The minimum absolute atomic E-state index is 0.210. The van der Waals surface area contributed by atoms with E-state index < -0.39 is 0 Å². The first-order valence-electron chi connectivity index (χ1n) is 6.63. The zero-order chi connectivity index (χ0) is 13.0. The smallest absolute Gasteiger partial charge is 0.350 e. The number of ether oxygens (including phenoxy) is 1. The van der Waals surface area contributed by atoms with Crippen molar-refractivity contribution in [2.75, 3.05) is 13.2 Å². The number of esters is 1. The summed E-state index contributed by atoms with van der Waals surface area (Å²) in [6.07, 6.45) is 3.40. The van der Waals surface area contributed by atoms with Gasteiger partial charge in [-0.3, -0.25) is 0 Å². The summed E-state index contributed by atoms with van der Waals surface area (Å²) >= 11 is 1.48. The Hall–Kier alpha value is -0.940. The zero-order valence-corrected chi connectivity index (χ0v) is 11.8. The molecule has 4 nitrogen and oxygen atoms in total. The molecule has 1 heterocycles. The van der Waals surface area contributed by atoms with Gasteiger partial charge in [-0.25, -0.2) is 9.78 Å². The highest BCUT2D eigenvalue weighted by Crippen LogP contribution is 2.42. The minimum Gasteiger partial charge on any atom is -0.462 e. The predicted molar refractivity (Wildman–Crippen MR) is 72.0 cm³/mol. The molecule has 0 atom stereocenters. The molecule has 5 heteroatoms. The summed E-state index contributed by atoms with van der Waals surface area (Å²) in [6.45, 7) is 6.11. The Morgan fingerprint density at radius 2 is 2.28 bits per heavy atom. The van der Waals surface area contributed by atoms with E-state index in [2.05, 4.69) is 17.2 Å². The maximum Gasteiger partial charge on any atom is 0.350 e. The topological polar surface area (TPSA) is 51.2 Å².